The van der Waals surface area contributed by atoms with Gasteiger partial charge in [-0.3, -0.25) is 0 Å². The van der Waals surface area contributed by atoms with E-state index in [-0.39, 0.29) is 0 Å². The molecule has 4 aromatic carbocycles. The van der Waals surface area contributed by atoms with Crippen molar-refractivity contribution in [1.29, 1.82) is 0 Å². The Morgan fingerprint density at radius 2 is 1.05 bits per heavy atom. The van der Waals surface area contributed by atoms with Gasteiger partial charge in [0.1, 0.15) is 46.6 Å². The van der Waals surface area contributed by atoms with E-state index >= 15 is 0 Å². The second-order valence-electron chi connectivity index (χ2n) is 9.24. The molecule has 0 radical (unpaired) electrons. The predicted molar refractivity (Wildman–Crippen MR) is 160 cm³/mol. The molecule has 1 aliphatic heterocycles. The first-order chi connectivity index (χ1) is 19.5. The van der Waals surface area contributed by atoms with Crippen molar-refractivity contribution >= 4 is 13.2 Å². The molecule has 0 fully saturated rings. The summed E-state index contributed by atoms with van der Waals surface area (Å²) in [5.74, 6) is 4.93. The zero-order valence-corrected chi connectivity index (χ0v) is 24.7. The lowest BCUT2D eigenvalue weighted by Crippen LogP contribution is -2.06. The van der Waals surface area contributed by atoms with Gasteiger partial charge >= 0.3 is 0 Å². The molecule has 0 spiro atoms. The fourth-order valence-electron chi connectivity index (χ4n) is 5.14. The Balaban J connectivity index is 1.93. The zero-order valence-electron chi connectivity index (χ0n) is 23.8. The number of fused-ring (bicyclic) bond motifs is 1. The fourth-order valence-corrected chi connectivity index (χ4v) is 6.71. The lowest BCUT2D eigenvalue weighted by molar-refractivity contribution is 0.393. The standard InChI is InChI=1S/C32H33O7P/c1-33-21-11-19(12-22(15-21)34-2)26-17-27(20-13-23(35-3)16-24(14-20)36-4)31(38-6)29(30(26)37-5)25-9-8-10-28-32(25)40(7)18-39-28/h8-17H,18H2,1-7H3. The van der Waals surface area contributed by atoms with Gasteiger partial charge in [-0.15, -0.1) is 0 Å². The molecule has 1 atom stereocenters. The van der Waals surface area contributed by atoms with Crippen molar-refractivity contribution in [3.63, 3.8) is 0 Å². The van der Waals surface area contributed by atoms with E-state index in [1.54, 1.807) is 42.7 Å². The zero-order chi connectivity index (χ0) is 28.4. The molecule has 0 aromatic heterocycles. The van der Waals surface area contributed by atoms with Gasteiger partial charge in [0.25, 0.3) is 0 Å². The maximum absolute atomic E-state index is 6.21. The van der Waals surface area contributed by atoms with Crippen LogP contribution in [0.15, 0.2) is 60.7 Å². The van der Waals surface area contributed by atoms with Crippen LogP contribution < -0.4 is 38.5 Å². The number of hydrogen-bond acceptors (Lipinski definition) is 7. The molecule has 5 rings (SSSR count). The summed E-state index contributed by atoms with van der Waals surface area (Å²) < 4.78 is 40.9. The lowest BCUT2D eigenvalue weighted by Gasteiger charge is -2.23. The van der Waals surface area contributed by atoms with Crippen LogP contribution in [-0.4, -0.2) is 55.7 Å². The molecule has 208 valence electrons. The quantitative estimate of drug-likeness (QED) is 0.208. The molecular formula is C32H33O7P. The van der Waals surface area contributed by atoms with Gasteiger partial charge in [0.05, 0.1) is 48.2 Å². The highest BCUT2D eigenvalue weighted by Gasteiger charge is 2.30. The summed E-state index contributed by atoms with van der Waals surface area (Å²) in [7, 11) is 9.39. The van der Waals surface area contributed by atoms with E-state index < -0.39 is 7.92 Å². The minimum absolute atomic E-state index is 0.532. The fraction of sp³-hybridized carbons (Fsp3) is 0.250. The third kappa shape index (κ3) is 4.86. The van der Waals surface area contributed by atoms with Crippen LogP contribution in [0, 0.1) is 0 Å². The summed E-state index contributed by atoms with van der Waals surface area (Å²) in [6, 6.07) is 19.8. The Labute approximate surface area is 236 Å². The maximum atomic E-state index is 6.21. The molecule has 8 heteroatoms. The van der Waals surface area contributed by atoms with Crippen molar-refractivity contribution in [3.05, 3.63) is 60.7 Å². The highest BCUT2D eigenvalue weighted by molar-refractivity contribution is 7.65. The summed E-state index contributed by atoms with van der Waals surface area (Å²) in [5, 5.41) is 1.18. The van der Waals surface area contributed by atoms with Crippen molar-refractivity contribution in [2.24, 2.45) is 0 Å². The van der Waals surface area contributed by atoms with Crippen LogP contribution in [0.3, 0.4) is 0 Å². The molecule has 1 heterocycles. The second-order valence-corrected chi connectivity index (χ2v) is 11.3. The normalized spacial score (nSPS) is 13.7. The molecule has 7 nitrogen and oxygen atoms in total. The van der Waals surface area contributed by atoms with Crippen LogP contribution >= 0.6 is 7.92 Å². The predicted octanol–water partition coefficient (Wildman–Crippen LogP) is 6.83. The molecule has 0 bridgehead atoms. The summed E-state index contributed by atoms with van der Waals surface area (Å²) in [6.07, 6.45) is 0.680. The Morgan fingerprint density at radius 1 is 0.575 bits per heavy atom. The van der Waals surface area contributed by atoms with Crippen LogP contribution in [0.4, 0.5) is 0 Å². The van der Waals surface area contributed by atoms with Gasteiger partial charge < -0.3 is 33.2 Å². The van der Waals surface area contributed by atoms with Crippen LogP contribution in [-0.2, 0) is 0 Å². The minimum atomic E-state index is -0.532. The Kier molecular flexibility index (Phi) is 7.95. The van der Waals surface area contributed by atoms with Crippen molar-refractivity contribution in [2.45, 2.75) is 0 Å². The Hall–Kier alpha value is -4.09. The van der Waals surface area contributed by atoms with Gasteiger partial charge in [-0.1, -0.05) is 12.1 Å². The molecule has 0 amide bonds. The largest absolute Gasteiger partial charge is 0.497 e. The van der Waals surface area contributed by atoms with Crippen LogP contribution in [0.5, 0.6) is 40.2 Å². The Morgan fingerprint density at radius 3 is 1.48 bits per heavy atom. The van der Waals surface area contributed by atoms with E-state index in [2.05, 4.69) is 18.8 Å². The highest BCUT2D eigenvalue weighted by Crippen LogP contribution is 2.54. The number of rotatable bonds is 9. The van der Waals surface area contributed by atoms with Gasteiger partial charge in [0.2, 0.25) is 0 Å². The van der Waals surface area contributed by atoms with Crippen molar-refractivity contribution in [3.8, 4) is 73.6 Å². The molecule has 1 unspecified atom stereocenters. The molecule has 0 aliphatic carbocycles. The number of methoxy groups -OCH3 is 6. The van der Waals surface area contributed by atoms with Gasteiger partial charge in [-0.25, -0.2) is 0 Å². The van der Waals surface area contributed by atoms with Gasteiger partial charge in [-0.2, -0.15) is 0 Å². The topological polar surface area (TPSA) is 64.6 Å². The van der Waals surface area contributed by atoms with Crippen molar-refractivity contribution < 1.29 is 33.2 Å². The summed E-state index contributed by atoms with van der Waals surface area (Å²) in [5.41, 5.74) is 5.31. The number of benzene rings is 4. The SMILES string of the molecule is COc1cc(OC)cc(-c2cc(-c3cc(OC)cc(OC)c3)c(OC)c(-c3cccc4c3P(C)CO4)c2OC)c1. The third-order valence-electron chi connectivity index (χ3n) is 7.03. The summed E-state index contributed by atoms with van der Waals surface area (Å²) >= 11 is 0. The molecule has 0 saturated carbocycles. The van der Waals surface area contributed by atoms with Crippen LogP contribution in [0.2, 0.25) is 0 Å². The van der Waals surface area contributed by atoms with E-state index in [0.29, 0.717) is 40.8 Å². The Bertz CT molecular complexity index is 1420. The molecule has 40 heavy (non-hydrogen) atoms. The summed E-state index contributed by atoms with van der Waals surface area (Å²) in [4.78, 5) is 0. The molecule has 0 N–H and O–H groups in total. The third-order valence-corrected chi connectivity index (χ3v) is 8.77. The van der Waals surface area contributed by atoms with E-state index in [1.165, 1.54) is 5.30 Å². The van der Waals surface area contributed by atoms with E-state index in [4.69, 9.17) is 33.2 Å². The molecular weight excluding hydrogens is 527 g/mol. The monoisotopic (exact) mass is 560 g/mol. The molecule has 4 aromatic rings. The smallest absolute Gasteiger partial charge is 0.138 e. The van der Waals surface area contributed by atoms with Crippen molar-refractivity contribution in [2.75, 3.05) is 55.7 Å². The molecule has 0 saturated heterocycles. The average molecular weight is 561 g/mol. The van der Waals surface area contributed by atoms with E-state index in [0.717, 1.165) is 39.1 Å². The number of ether oxygens (including phenoxy) is 7. The second kappa shape index (κ2) is 11.6. The van der Waals surface area contributed by atoms with Crippen molar-refractivity contribution in [1.82, 2.24) is 0 Å². The minimum Gasteiger partial charge on any atom is -0.497 e. The first kappa shape index (κ1) is 27.5. The average Bonchev–Trinajstić information content (AvgIpc) is 3.39. The highest BCUT2D eigenvalue weighted by atomic mass is 31.1. The van der Waals surface area contributed by atoms with Gasteiger partial charge in [0, 0.05) is 34.1 Å². The first-order valence-corrected chi connectivity index (χ1v) is 14.7. The lowest BCUT2D eigenvalue weighted by atomic mass is 9.90. The van der Waals surface area contributed by atoms with Crippen LogP contribution in [0.1, 0.15) is 0 Å². The van der Waals surface area contributed by atoms with Gasteiger partial charge in [0.15, 0.2) is 0 Å². The van der Waals surface area contributed by atoms with Gasteiger partial charge in [-0.05, 0) is 62.1 Å². The summed E-state index contributed by atoms with van der Waals surface area (Å²) in [6.45, 7) is 2.23. The van der Waals surface area contributed by atoms with Crippen LogP contribution in [0.25, 0.3) is 33.4 Å². The first-order valence-electron chi connectivity index (χ1n) is 12.7. The van der Waals surface area contributed by atoms with E-state index in [1.807, 2.05) is 48.5 Å². The molecule has 1 aliphatic rings. The number of hydrogen-bond donors (Lipinski definition) is 0. The maximum Gasteiger partial charge on any atom is 0.138 e. The van der Waals surface area contributed by atoms with E-state index in [9.17, 15) is 0 Å².